The van der Waals surface area contributed by atoms with Gasteiger partial charge in [-0.3, -0.25) is 4.79 Å². The molecule has 7 heteroatoms. The first-order valence-corrected chi connectivity index (χ1v) is 19.4. The van der Waals surface area contributed by atoms with E-state index in [1.54, 1.807) is 7.11 Å². The zero-order valence-corrected chi connectivity index (χ0v) is 30.2. The van der Waals surface area contributed by atoms with E-state index in [2.05, 4.69) is 84.1 Å². The Morgan fingerprint density at radius 2 is 1.64 bits per heavy atom. The summed E-state index contributed by atoms with van der Waals surface area (Å²) in [6.45, 7) is 17.2. The highest BCUT2D eigenvalue weighted by atomic mass is 35.5. The Bertz CT molecular complexity index is 1200. The van der Waals surface area contributed by atoms with Crippen molar-refractivity contribution in [2.45, 2.75) is 114 Å². The average molecular weight is 643 g/mol. The van der Waals surface area contributed by atoms with Crippen molar-refractivity contribution >= 4 is 25.9 Å². The minimum absolute atomic E-state index is 0.0389. The monoisotopic (exact) mass is 642 g/mol. The first kappa shape index (κ1) is 36.3. The van der Waals surface area contributed by atoms with E-state index in [1.165, 1.54) is 18.2 Å². The van der Waals surface area contributed by atoms with E-state index in [0.29, 0.717) is 19.6 Å². The Labute approximate surface area is 272 Å². The van der Waals surface area contributed by atoms with Crippen molar-refractivity contribution in [3.63, 3.8) is 0 Å². The largest absolute Gasteiger partial charge is 0.497 e. The van der Waals surface area contributed by atoms with Gasteiger partial charge in [0.25, 0.3) is 0 Å². The summed E-state index contributed by atoms with van der Waals surface area (Å²) in [5, 5.41) is 0.161. The number of ether oxygens (including phenoxy) is 3. The molecule has 0 radical (unpaired) electrons. The zero-order chi connectivity index (χ0) is 32.5. The standard InChI is InChI=1S/C37H55ClO5Si/c1-36(2,3)44(8,9)43-33-24-32(38)31(14-12-10-11-13-15-34(39)41-7)35(33)28-18-20-29(21-19-28)37(4,5)26-42-25-27-16-22-30(40-6)23-17-27/h10,12,16-23,31-33,35H,11,13-15,24-26H2,1-9H3/b12-10-/t31-,32+,33+,35+/m0/s1. The fraction of sp³-hybridized carbons (Fsp3) is 0.595. The van der Waals surface area contributed by atoms with Gasteiger partial charge in [0.15, 0.2) is 8.32 Å². The molecule has 0 heterocycles. The highest BCUT2D eigenvalue weighted by molar-refractivity contribution is 6.74. The van der Waals surface area contributed by atoms with Crippen LogP contribution < -0.4 is 4.74 Å². The molecule has 244 valence electrons. The smallest absolute Gasteiger partial charge is 0.305 e. The molecule has 1 aliphatic carbocycles. The maximum atomic E-state index is 11.4. The number of rotatable bonds is 15. The first-order valence-electron chi connectivity index (χ1n) is 16.0. The highest BCUT2D eigenvalue weighted by Gasteiger charge is 2.48. The van der Waals surface area contributed by atoms with Crippen molar-refractivity contribution in [3.05, 3.63) is 77.4 Å². The molecule has 2 aromatic rings. The van der Waals surface area contributed by atoms with E-state index in [4.69, 9.17) is 30.2 Å². The Hall–Kier alpha value is -2.12. The number of allylic oxidation sites excluding steroid dienone is 2. The number of carbonyl (C=O) groups is 1. The van der Waals surface area contributed by atoms with Crippen LogP contribution in [0.4, 0.5) is 0 Å². The molecule has 0 N–H and O–H groups in total. The molecule has 3 rings (SSSR count). The van der Waals surface area contributed by atoms with Crippen LogP contribution in [0.15, 0.2) is 60.7 Å². The van der Waals surface area contributed by atoms with Crippen LogP contribution in [0.3, 0.4) is 0 Å². The van der Waals surface area contributed by atoms with Gasteiger partial charge in [-0.05, 0) is 78.6 Å². The van der Waals surface area contributed by atoms with Gasteiger partial charge in [-0.25, -0.2) is 0 Å². The molecular formula is C37H55ClO5Si. The third-order valence-corrected chi connectivity index (χ3v) is 14.6. The van der Waals surface area contributed by atoms with Crippen LogP contribution in [0.2, 0.25) is 18.1 Å². The lowest BCUT2D eigenvalue weighted by Crippen LogP contribution is -2.44. The molecule has 1 fully saturated rings. The number of hydrogen-bond acceptors (Lipinski definition) is 5. The predicted molar refractivity (Wildman–Crippen MR) is 184 cm³/mol. The minimum atomic E-state index is -2.00. The zero-order valence-electron chi connectivity index (χ0n) is 28.5. The number of alkyl halides is 1. The van der Waals surface area contributed by atoms with E-state index in [-0.39, 0.29) is 39.7 Å². The summed E-state index contributed by atoms with van der Waals surface area (Å²) in [5.41, 5.74) is 3.53. The second kappa shape index (κ2) is 15.9. The number of methoxy groups -OCH3 is 2. The topological polar surface area (TPSA) is 54.0 Å². The van der Waals surface area contributed by atoms with Crippen LogP contribution in [-0.2, 0) is 30.7 Å². The molecule has 0 saturated heterocycles. The van der Waals surface area contributed by atoms with Crippen LogP contribution in [0.25, 0.3) is 0 Å². The normalized spacial score (nSPS) is 21.1. The van der Waals surface area contributed by atoms with Gasteiger partial charge in [-0.2, -0.15) is 0 Å². The molecule has 1 aliphatic rings. The molecule has 2 aromatic carbocycles. The quantitative estimate of drug-likeness (QED) is 0.0636. The van der Waals surface area contributed by atoms with Gasteiger partial charge in [-0.1, -0.05) is 83.2 Å². The van der Waals surface area contributed by atoms with Crippen molar-refractivity contribution in [1.82, 2.24) is 0 Å². The van der Waals surface area contributed by atoms with Crippen molar-refractivity contribution < 1.29 is 23.4 Å². The summed E-state index contributed by atoms with van der Waals surface area (Å²) in [7, 11) is 1.11. The molecule has 4 atom stereocenters. The maximum Gasteiger partial charge on any atom is 0.305 e. The summed E-state index contributed by atoms with van der Waals surface area (Å²) in [5.74, 6) is 1.18. The molecule has 0 amide bonds. The van der Waals surface area contributed by atoms with E-state index in [9.17, 15) is 4.79 Å². The number of halogens is 1. The molecule has 0 aromatic heterocycles. The molecule has 1 saturated carbocycles. The Kier molecular flexibility index (Phi) is 13.2. The minimum Gasteiger partial charge on any atom is -0.497 e. The Morgan fingerprint density at radius 3 is 2.23 bits per heavy atom. The van der Waals surface area contributed by atoms with Crippen molar-refractivity contribution in [2.75, 3.05) is 20.8 Å². The Balaban J connectivity index is 1.74. The molecule has 0 bridgehead atoms. The highest BCUT2D eigenvalue weighted by Crippen LogP contribution is 2.49. The van der Waals surface area contributed by atoms with Crippen LogP contribution >= 0.6 is 11.6 Å². The van der Waals surface area contributed by atoms with E-state index in [0.717, 1.165) is 37.0 Å². The van der Waals surface area contributed by atoms with Gasteiger partial charge < -0.3 is 18.6 Å². The Morgan fingerprint density at radius 1 is 0.977 bits per heavy atom. The maximum absolute atomic E-state index is 11.4. The molecular weight excluding hydrogens is 588 g/mol. The predicted octanol–water partition coefficient (Wildman–Crippen LogP) is 9.58. The fourth-order valence-corrected chi connectivity index (χ4v) is 7.49. The summed E-state index contributed by atoms with van der Waals surface area (Å²) < 4.78 is 23.3. The van der Waals surface area contributed by atoms with E-state index >= 15 is 0 Å². The fourth-order valence-electron chi connectivity index (χ4n) is 5.70. The second-order valence-corrected chi connectivity index (χ2v) is 19.7. The van der Waals surface area contributed by atoms with Gasteiger partial charge in [0, 0.05) is 23.1 Å². The number of hydrogen-bond donors (Lipinski definition) is 0. The van der Waals surface area contributed by atoms with Crippen LogP contribution in [0, 0.1) is 5.92 Å². The van der Waals surface area contributed by atoms with Gasteiger partial charge in [-0.15, -0.1) is 11.6 Å². The summed E-state index contributed by atoms with van der Waals surface area (Å²) in [6, 6.07) is 17.1. The van der Waals surface area contributed by atoms with Gasteiger partial charge in [0.2, 0.25) is 0 Å². The van der Waals surface area contributed by atoms with Gasteiger partial charge >= 0.3 is 5.97 Å². The van der Waals surface area contributed by atoms with Crippen molar-refractivity contribution in [3.8, 4) is 5.75 Å². The third-order valence-electron chi connectivity index (χ3n) is 9.56. The summed E-state index contributed by atoms with van der Waals surface area (Å²) in [6.07, 6.45) is 8.35. The lowest BCUT2D eigenvalue weighted by molar-refractivity contribution is -0.140. The SMILES string of the molecule is COC(=O)CCC/C=C\C[C@@H]1[C@@H](c2ccc(C(C)(C)COCc3ccc(OC)cc3)cc2)[C@H](O[Si](C)(C)C(C)(C)C)C[C@H]1Cl. The van der Waals surface area contributed by atoms with Gasteiger partial charge in [0.1, 0.15) is 5.75 Å². The van der Waals surface area contributed by atoms with Crippen molar-refractivity contribution in [1.29, 1.82) is 0 Å². The van der Waals surface area contributed by atoms with Crippen LogP contribution in [0.5, 0.6) is 5.75 Å². The van der Waals surface area contributed by atoms with E-state index < -0.39 is 8.32 Å². The summed E-state index contributed by atoms with van der Waals surface area (Å²) >= 11 is 7.11. The van der Waals surface area contributed by atoms with Crippen LogP contribution in [0.1, 0.15) is 89.3 Å². The molecule has 0 aliphatic heterocycles. The molecule has 0 spiro atoms. The number of unbranched alkanes of at least 4 members (excludes halogenated alkanes) is 1. The number of carbonyl (C=O) groups excluding carboxylic acids is 1. The summed E-state index contributed by atoms with van der Waals surface area (Å²) in [4.78, 5) is 11.4. The molecule has 0 unspecified atom stereocenters. The van der Waals surface area contributed by atoms with Crippen molar-refractivity contribution in [2.24, 2.45) is 5.92 Å². The second-order valence-electron chi connectivity index (χ2n) is 14.4. The van der Waals surface area contributed by atoms with E-state index in [1.807, 2.05) is 24.3 Å². The molecule has 5 nitrogen and oxygen atoms in total. The number of benzene rings is 2. The number of esters is 1. The van der Waals surface area contributed by atoms with Gasteiger partial charge in [0.05, 0.1) is 33.5 Å². The molecule has 44 heavy (non-hydrogen) atoms. The van der Waals surface area contributed by atoms with Crippen LogP contribution in [-0.4, -0.2) is 46.6 Å². The lowest BCUT2D eigenvalue weighted by Gasteiger charge is -2.40. The first-order chi connectivity index (χ1) is 20.7. The average Bonchev–Trinajstić information content (AvgIpc) is 3.27. The lowest BCUT2D eigenvalue weighted by atomic mass is 9.81. The third kappa shape index (κ3) is 9.94.